The van der Waals surface area contributed by atoms with Crippen LogP contribution >= 0.6 is 0 Å². The molecule has 0 radical (unpaired) electrons. The molecule has 2 aliphatic heterocycles. The van der Waals surface area contributed by atoms with Gasteiger partial charge in [-0.25, -0.2) is 0 Å². The van der Waals surface area contributed by atoms with Crippen LogP contribution in [0.3, 0.4) is 0 Å². The molecule has 1 N–H and O–H groups in total. The molecule has 0 aliphatic carbocycles. The lowest BCUT2D eigenvalue weighted by molar-refractivity contribution is -0.143. The maximum atomic E-state index is 14.1. The number of methoxy groups -OCH3 is 1. The van der Waals surface area contributed by atoms with E-state index in [9.17, 15) is 19.5 Å². The van der Waals surface area contributed by atoms with Crippen LogP contribution in [0.25, 0.3) is 5.76 Å². The molecule has 2 aromatic carbocycles. The molecule has 2 aliphatic rings. The fourth-order valence-electron chi connectivity index (χ4n) is 4.86. The minimum absolute atomic E-state index is 0.0977. The second kappa shape index (κ2) is 9.76. The minimum Gasteiger partial charge on any atom is -0.507 e. The van der Waals surface area contributed by atoms with Gasteiger partial charge in [0.05, 0.1) is 17.9 Å². The highest BCUT2D eigenvalue weighted by Crippen LogP contribution is 2.53. The Morgan fingerprint density at radius 3 is 2.49 bits per heavy atom. The lowest BCUT2D eigenvalue weighted by Crippen LogP contribution is -2.52. The van der Waals surface area contributed by atoms with Gasteiger partial charge in [0.1, 0.15) is 11.5 Å². The molecule has 1 saturated heterocycles. The molecule has 1 atom stereocenters. The van der Waals surface area contributed by atoms with Crippen LogP contribution in [-0.4, -0.2) is 61.0 Å². The zero-order valence-electron chi connectivity index (χ0n) is 19.8. The third-order valence-corrected chi connectivity index (χ3v) is 6.29. The number of ether oxygens (including phenoxy) is 2. The van der Waals surface area contributed by atoms with Crippen molar-refractivity contribution < 1.29 is 29.0 Å². The molecule has 1 spiro atoms. The monoisotopic (exact) mass is 476 g/mol. The van der Waals surface area contributed by atoms with Crippen molar-refractivity contribution >= 4 is 29.0 Å². The lowest BCUT2D eigenvalue weighted by Gasteiger charge is -2.34. The van der Waals surface area contributed by atoms with Crippen molar-refractivity contribution in [2.45, 2.75) is 18.9 Å². The maximum absolute atomic E-state index is 14.1. The number of carbonyl (C=O) groups is 3. The molecule has 0 saturated carbocycles. The number of hydrogen-bond acceptors (Lipinski definition) is 6. The third kappa shape index (κ3) is 3.70. The van der Waals surface area contributed by atoms with E-state index in [1.54, 1.807) is 54.6 Å². The predicted molar refractivity (Wildman–Crippen MR) is 131 cm³/mol. The van der Waals surface area contributed by atoms with Gasteiger partial charge in [-0.15, -0.1) is 6.58 Å². The summed E-state index contributed by atoms with van der Waals surface area (Å²) >= 11 is 0. The summed E-state index contributed by atoms with van der Waals surface area (Å²) in [6.07, 6.45) is 1.99. The van der Waals surface area contributed by atoms with E-state index in [4.69, 9.17) is 9.47 Å². The molecule has 35 heavy (non-hydrogen) atoms. The van der Waals surface area contributed by atoms with E-state index in [1.165, 1.54) is 16.9 Å². The number of ketones is 1. The van der Waals surface area contributed by atoms with Gasteiger partial charge in [-0.1, -0.05) is 24.3 Å². The van der Waals surface area contributed by atoms with Crippen molar-refractivity contribution in [1.29, 1.82) is 0 Å². The normalized spacial score (nSPS) is 20.6. The summed E-state index contributed by atoms with van der Waals surface area (Å²) in [6, 6.07) is 13.5. The van der Waals surface area contributed by atoms with Crippen LogP contribution in [0.1, 0.15) is 24.5 Å². The van der Waals surface area contributed by atoms with Crippen molar-refractivity contribution in [1.82, 2.24) is 4.90 Å². The van der Waals surface area contributed by atoms with Crippen LogP contribution in [0.2, 0.25) is 0 Å². The maximum Gasteiger partial charge on any atom is 0.296 e. The number of para-hydroxylation sites is 1. The molecule has 0 aromatic heterocycles. The van der Waals surface area contributed by atoms with Gasteiger partial charge in [-0.05, 0) is 43.7 Å². The van der Waals surface area contributed by atoms with Gasteiger partial charge < -0.3 is 24.4 Å². The molecule has 0 bridgehead atoms. The van der Waals surface area contributed by atoms with E-state index in [2.05, 4.69) is 6.58 Å². The van der Waals surface area contributed by atoms with Crippen LogP contribution in [0.4, 0.5) is 5.69 Å². The summed E-state index contributed by atoms with van der Waals surface area (Å²) in [6.45, 7) is 6.70. The van der Waals surface area contributed by atoms with Crippen LogP contribution in [0.15, 0.2) is 66.8 Å². The zero-order chi connectivity index (χ0) is 25.2. The zero-order valence-corrected chi connectivity index (χ0v) is 19.8. The van der Waals surface area contributed by atoms with Crippen molar-refractivity contribution in [3.8, 4) is 5.75 Å². The topological polar surface area (TPSA) is 96.4 Å². The van der Waals surface area contributed by atoms with Gasteiger partial charge in [0.2, 0.25) is 0 Å². The van der Waals surface area contributed by atoms with Crippen LogP contribution in [-0.2, 0) is 24.7 Å². The van der Waals surface area contributed by atoms with Gasteiger partial charge in [0.15, 0.2) is 5.54 Å². The second-order valence-electron chi connectivity index (χ2n) is 8.25. The summed E-state index contributed by atoms with van der Waals surface area (Å²) in [5.74, 6) is -2.04. The predicted octanol–water partition coefficient (Wildman–Crippen LogP) is 3.23. The van der Waals surface area contributed by atoms with Crippen LogP contribution < -0.4 is 9.64 Å². The van der Waals surface area contributed by atoms with E-state index < -0.39 is 28.9 Å². The highest BCUT2D eigenvalue weighted by Gasteiger charge is 2.66. The van der Waals surface area contributed by atoms with Gasteiger partial charge in [-0.3, -0.25) is 14.4 Å². The fourth-order valence-corrected chi connectivity index (χ4v) is 4.86. The number of amides is 2. The summed E-state index contributed by atoms with van der Waals surface area (Å²) in [4.78, 5) is 43.7. The number of hydrogen-bond donors (Lipinski definition) is 1. The Balaban J connectivity index is 1.97. The van der Waals surface area contributed by atoms with E-state index in [-0.39, 0.29) is 18.7 Å². The molecule has 2 amide bonds. The van der Waals surface area contributed by atoms with Crippen molar-refractivity contribution in [3.63, 3.8) is 0 Å². The molecule has 8 heteroatoms. The standard InChI is InChI=1S/C27H28N2O6/c1-4-15-28-21-10-7-6-9-20(21)27(26(28)33)22(24(31)25(32)29(27)16-8-17-34-3)23(30)18-11-13-19(14-12-18)35-5-2/h4,6-7,9-14,30H,1,5,8,15-17H2,2-3H3. The SMILES string of the molecule is C=CCN1C(=O)C2(C(=C(O)c3ccc(OCC)cc3)C(=O)C(=O)N2CCCOC)c2ccccc21. The smallest absolute Gasteiger partial charge is 0.296 e. The fraction of sp³-hybridized carbons (Fsp3) is 0.296. The number of nitrogens with zero attached hydrogens (tertiary/aromatic N) is 2. The van der Waals surface area contributed by atoms with Gasteiger partial charge in [0, 0.05) is 37.9 Å². The number of fused-ring (bicyclic) bond motifs is 2. The Morgan fingerprint density at radius 2 is 1.83 bits per heavy atom. The lowest BCUT2D eigenvalue weighted by atomic mass is 9.82. The molecular formula is C27H28N2O6. The minimum atomic E-state index is -1.79. The molecule has 2 aromatic rings. The van der Waals surface area contributed by atoms with Gasteiger partial charge in [0.25, 0.3) is 17.6 Å². The number of aliphatic hydroxyl groups excluding tert-OH is 1. The van der Waals surface area contributed by atoms with Crippen molar-refractivity contribution in [2.24, 2.45) is 0 Å². The largest absolute Gasteiger partial charge is 0.507 e. The first-order chi connectivity index (χ1) is 16.9. The molecule has 1 unspecified atom stereocenters. The van der Waals surface area contributed by atoms with E-state index in [1.807, 2.05) is 6.92 Å². The number of aliphatic hydroxyl groups is 1. The quantitative estimate of drug-likeness (QED) is 0.196. The Kier molecular flexibility index (Phi) is 6.75. The van der Waals surface area contributed by atoms with Crippen LogP contribution in [0, 0.1) is 0 Å². The molecule has 4 rings (SSSR count). The number of carbonyl (C=O) groups excluding carboxylic acids is 3. The van der Waals surface area contributed by atoms with E-state index >= 15 is 0 Å². The molecular weight excluding hydrogens is 448 g/mol. The van der Waals surface area contributed by atoms with Crippen LogP contribution in [0.5, 0.6) is 5.75 Å². The molecule has 2 heterocycles. The summed E-state index contributed by atoms with van der Waals surface area (Å²) in [5.41, 5.74) is -0.697. The van der Waals surface area contributed by atoms with Gasteiger partial charge in [-0.2, -0.15) is 0 Å². The average Bonchev–Trinajstić information content (AvgIpc) is 3.24. The number of Topliss-reactive ketones (excluding diaryl/α,β-unsaturated/α-hetero) is 1. The van der Waals surface area contributed by atoms with Gasteiger partial charge >= 0.3 is 0 Å². The summed E-state index contributed by atoms with van der Waals surface area (Å²) < 4.78 is 10.6. The van der Waals surface area contributed by atoms with Crippen molar-refractivity contribution in [3.05, 3.63) is 77.9 Å². The number of likely N-dealkylation sites (tertiary alicyclic amines) is 1. The summed E-state index contributed by atoms with van der Waals surface area (Å²) in [7, 11) is 1.54. The van der Waals surface area contributed by atoms with E-state index in [0.29, 0.717) is 42.2 Å². The second-order valence-corrected chi connectivity index (χ2v) is 8.25. The average molecular weight is 477 g/mol. The first-order valence-corrected chi connectivity index (χ1v) is 11.5. The highest BCUT2D eigenvalue weighted by atomic mass is 16.5. The van der Waals surface area contributed by atoms with E-state index in [0.717, 1.165) is 0 Å². The Hall–Kier alpha value is -3.91. The first-order valence-electron chi connectivity index (χ1n) is 11.5. The van der Waals surface area contributed by atoms with Crippen molar-refractivity contribution in [2.75, 3.05) is 38.3 Å². The Bertz CT molecular complexity index is 1200. The molecule has 1 fully saturated rings. The highest BCUT2D eigenvalue weighted by molar-refractivity contribution is 6.50. The Labute approximate surface area is 204 Å². The Morgan fingerprint density at radius 1 is 1.11 bits per heavy atom. The number of rotatable bonds is 9. The molecule has 8 nitrogen and oxygen atoms in total. The molecule has 182 valence electrons. The summed E-state index contributed by atoms with van der Waals surface area (Å²) in [5, 5.41) is 11.4. The third-order valence-electron chi connectivity index (χ3n) is 6.29. The first kappa shape index (κ1) is 24.2. The number of anilines is 1. The number of benzene rings is 2.